The first-order chi connectivity index (χ1) is 16.5. The van der Waals surface area contributed by atoms with Gasteiger partial charge in [0.1, 0.15) is 5.69 Å². The molecule has 0 saturated heterocycles. The molecule has 0 spiro atoms. The Labute approximate surface area is 200 Å². The molecule has 0 fully saturated rings. The Hall–Kier alpha value is -3.76. The van der Waals surface area contributed by atoms with Gasteiger partial charge in [-0.15, -0.1) is 9.46 Å². The third-order valence-corrected chi connectivity index (χ3v) is 4.71. The van der Waals surface area contributed by atoms with Crippen molar-refractivity contribution in [2.24, 2.45) is 34.1 Å². The number of carboxylic acid groups (broad SMARTS) is 1. The van der Waals surface area contributed by atoms with Crippen LogP contribution in [0.4, 0.5) is 0 Å². The highest BCUT2D eigenvalue weighted by molar-refractivity contribution is 5.92. The van der Waals surface area contributed by atoms with Gasteiger partial charge >= 0.3 is 5.97 Å². The van der Waals surface area contributed by atoms with E-state index in [1.165, 1.54) is 18.2 Å². The van der Waals surface area contributed by atoms with Crippen LogP contribution in [-0.2, 0) is 0 Å². The lowest BCUT2D eigenvalue weighted by Crippen LogP contribution is -2.49. The predicted octanol–water partition coefficient (Wildman–Crippen LogP) is -3.24. The zero-order valence-electron chi connectivity index (χ0n) is 19.2. The highest BCUT2D eigenvalue weighted by Crippen LogP contribution is 2.07. The first kappa shape index (κ1) is 31.2. The minimum absolute atomic E-state index is 0.0838. The van der Waals surface area contributed by atoms with Crippen molar-refractivity contribution in [1.29, 1.82) is 0 Å². The third kappa shape index (κ3) is 9.95. The van der Waals surface area contributed by atoms with Crippen molar-refractivity contribution in [3.8, 4) is 0 Å². The van der Waals surface area contributed by atoms with E-state index in [-0.39, 0.29) is 15.8 Å². The first-order valence-corrected chi connectivity index (χ1v) is 10.4. The second-order valence-electron chi connectivity index (χ2n) is 7.14. The third-order valence-electron chi connectivity index (χ3n) is 4.71. The van der Waals surface area contributed by atoms with E-state index in [0.29, 0.717) is 50.4 Å². The van der Waals surface area contributed by atoms with Crippen molar-refractivity contribution in [1.82, 2.24) is 14.8 Å². The number of nitrogens with two attached hydrogens (primary N) is 5. The Morgan fingerprint density at radius 1 is 0.800 bits per heavy atom. The average Bonchev–Trinajstić information content (AvgIpc) is 2.85. The van der Waals surface area contributed by atoms with Crippen LogP contribution in [0.15, 0.2) is 46.0 Å². The van der Waals surface area contributed by atoms with Crippen LogP contribution in [0.3, 0.4) is 0 Å². The van der Waals surface area contributed by atoms with E-state index in [9.17, 15) is 24.4 Å². The maximum Gasteiger partial charge on any atom is 0.356 e. The number of amides is 1. The Bertz CT molecular complexity index is 1030. The predicted molar refractivity (Wildman–Crippen MR) is 127 cm³/mol. The summed E-state index contributed by atoms with van der Waals surface area (Å²) in [5.74, 6) is -1.84. The number of nitrogens with zero attached hydrogens (tertiary/aromatic N) is 2. The number of hydrogen-bond acceptors (Lipinski definition) is 11. The fourth-order valence-electron chi connectivity index (χ4n) is 2.19. The van der Waals surface area contributed by atoms with Crippen LogP contribution < -0.4 is 45.1 Å². The number of aromatic carboxylic acids is 1. The fourth-order valence-corrected chi connectivity index (χ4v) is 2.19. The highest BCUT2D eigenvalue weighted by atomic mass is 16.5. The number of carboxylic acids is 1. The lowest BCUT2D eigenvalue weighted by atomic mass is 9.89. The molecule has 0 unspecified atom stereocenters. The Kier molecular flexibility index (Phi) is 14.3. The summed E-state index contributed by atoms with van der Waals surface area (Å²) in [5.41, 5.74) is 24.7. The molecule has 15 heteroatoms. The number of nitrogens with one attached hydrogen (secondary N) is 1. The van der Waals surface area contributed by atoms with Crippen LogP contribution in [0, 0.1) is 5.41 Å². The Morgan fingerprint density at radius 2 is 1.23 bits per heavy atom. The summed E-state index contributed by atoms with van der Waals surface area (Å²) < 4.78 is 0.403. The van der Waals surface area contributed by atoms with Gasteiger partial charge in [0.25, 0.3) is 17.0 Å². The average molecular weight is 499 g/mol. The summed E-state index contributed by atoms with van der Waals surface area (Å²) in [7, 11) is 0. The van der Waals surface area contributed by atoms with E-state index < -0.39 is 28.7 Å². The van der Waals surface area contributed by atoms with Gasteiger partial charge in [0, 0.05) is 50.3 Å². The molecule has 2 heterocycles. The molecule has 0 atom stereocenters. The fraction of sp³-hybridized carbons (Fsp3) is 0.400. The number of pyridine rings is 2. The summed E-state index contributed by atoms with van der Waals surface area (Å²) in [5, 5.41) is 28.9. The van der Waals surface area contributed by atoms with Crippen LogP contribution >= 0.6 is 0 Å². The second kappa shape index (κ2) is 16.0. The Morgan fingerprint density at radius 3 is 1.57 bits per heavy atom. The summed E-state index contributed by atoms with van der Waals surface area (Å²) in [4.78, 5) is 43.3. The van der Waals surface area contributed by atoms with E-state index in [2.05, 4.69) is 5.32 Å². The van der Waals surface area contributed by atoms with Gasteiger partial charge in [-0.05, 0) is 25.1 Å². The van der Waals surface area contributed by atoms with Crippen molar-refractivity contribution >= 4 is 11.9 Å². The van der Waals surface area contributed by atoms with Gasteiger partial charge < -0.3 is 49.5 Å². The second-order valence-corrected chi connectivity index (χ2v) is 7.14. The smallest absolute Gasteiger partial charge is 0.356 e. The molecule has 2 aromatic rings. The first-order valence-electron chi connectivity index (χ1n) is 10.4. The molecule has 35 heavy (non-hydrogen) atoms. The quantitative estimate of drug-likeness (QED) is 0.122. The van der Waals surface area contributed by atoms with E-state index in [1.54, 1.807) is 0 Å². The van der Waals surface area contributed by atoms with Gasteiger partial charge in [-0.25, -0.2) is 4.79 Å². The number of carbonyl (C=O) groups is 2. The van der Waals surface area contributed by atoms with Crippen LogP contribution in [0.5, 0.6) is 0 Å². The molecule has 2 rings (SSSR count). The van der Waals surface area contributed by atoms with Crippen molar-refractivity contribution in [2.75, 3.05) is 39.3 Å². The van der Waals surface area contributed by atoms with Crippen LogP contribution in [0.2, 0.25) is 0 Å². The molecule has 0 radical (unpaired) electrons. The maximum atomic E-state index is 11.4. The molecule has 0 bridgehead atoms. The standard InChI is InChI=1S/C9H13N3O3.C6H5NO4.C5H16N4/c10-5-2-6-11-9(14)7-3-1-4-8(13)12(7)15;8-5-3-1-2-4(6(9)10)7(5)11;6-1-5(2-7,3-8)4-9/h1,3-4,15H,2,5-6,10H2,(H,11,14);1-3,11H,(H,9,10);1-4,6-9H2. The summed E-state index contributed by atoms with van der Waals surface area (Å²) in [6.07, 6.45) is 0.647. The molecule has 0 aromatic carbocycles. The zero-order valence-corrected chi connectivity index (χ0v) is 19.2. The minimum Gasteiger partial charge on any atom is -0.476 e. The van der Waals surface area contributed by atoms with Gasteiger partial charge in [0.15, 0.2) is 5.69 Å². The molecule has 0 saturated carbocycles. The van der Waals surface area contributed by atoms with Crippen molar-refractivity contribution in [2.45, 2.75) is 6.42 Å². The van der Waals surface area contributed by atoms with Gasteiger partial charge in [-0.1, -0.05) is 12.1 Å². The van der Waals surface area contributed by atoms with Gasteiger partial charge in [-0.3, -0.25) is 14.4 Å². The normalized spacial score (nSPS) is 10.3. The molecular weight excluding hydrogens is 464 g/mol. The number of rotatable bonds is 9. The molecule has 2 aromatic heterocycles. The van der Waals surface area contributed by atoms with Crippen molar-refractivity contribution in [3.05, 3.63) is 68.5 Å². The molecule has 14 N–H and O–H groups in total. The van der Waals surface area contributed by atoms with E-state index >= 15 is 0 Å². The van der Waals surface area contributed by atoms with Crippen LogP contribution in [0.1, 0.15) is 27.4 Å². The molecule has 0 aliphatic heterocycles. The number of carbonyl (C=O) groups excluding carboxylic acids is 1. The van der Waals surface area contributed by atoms with Gasteiger partial charge in [0.2, 0.25) is 0 Å². The highest BCUT2D eigenvalue weighted by Gasteiger charge is 2.22. The number of hydrogen-bond donors (Lipinski definition) is 9. The largest absolute Gasteiger partial charge is 0.476 e. The van der Waals surface area contributed by atoms with Crippen LogP contribution in [0.25, 0.3) is 0 Å². The molecular formula is C20H34N8O7. The lowest BCUT2D eigenvalue weighted by molar-refractivity contribution is 0.0634. The summed E-state index contributed by atoms with van der Waals surface area (Å²) >= 11 is 0. The van der Waals surface area contributed by atoms with E-state index in [1.807, 2.05) is 0 Å². The molecule has 15 nitrogen and oxygen atoms in total. The molecule has 1 amide bonds. The molecule has 196 valence electrons. The summed E-state index contributed by atoms with van der Waals surface area (Å²) in [6.45, 7) is 2.76. The zero-order chi connectivity index (χ0) is 27.0. The van der Waals surface area contributed by atoms with E-state index in [0.717, 1.165) is 18.2 Å². The topological polar surface area (TPSA) is 281 Å². The molecule has 0 aliphatic carbocycles. The van der Waals surface area contributed by atoms with Crippen molar-refractivity contribution < 1.29 is 25.1 Å². The van der Waals surface area contributed by atoms with Crippen molar-refractivity contribution in [3.63, 3.8) is 0 Å². The monoisotopic (exact) mass is 498 g/mol. The van der Waals surface area contributed by atoms with Gasteiger partial charge in [-0.2, -0.15) is 0 Å². The number of aromatic nitrogens is 2. The molecule has 0 aliphatic rings. The van der Waals surface area contributed by atoms with Crippen LogP contribution in [-0.4, -0.2) is 76.1 Å². The summed E-state index contributed by atoms with van der Waals surface area (Å²) in [6, 6.07) is 7.39. The Balaban J connectivity index is 0.000000515. The lowest BCUT2D eigenvalue weighted by Gasteiger charge is -2.26. The maximum absolute atomic E-state index is 11.4. The SMILES string of the molecule is NCC(CN)(CN)CN.NCCCNC(=O)c1cccc(=O)n1O.O=C(O)c1cccc(=O)n1O. The van der Waals surface area contributed by atoms with E-state index in [4.69, 9.17) is 39.0 Å². The minimum atomic E-state index is -1.34. The van der Waals surface area contributed by atoms with Gasteiger partial charge in [0.05, 0.1) is 0 Å².